The highest BCUT2D eigenvalue weighted by molar-refractivity contribution is 14.0. The number of aliphatic imine (C=N–C) groups is 1. The van der Waals surface area contributed by atoms with Gasteiger partial charge in [-0.05, 0) is 30.4 Å². The number of halogens is 1. The molecule has 0 aliphatic heterocycles. The Hall–Kier alpha value is -1.19. The molecule has 2 aromatic rings. The molecular weight excluding hydrogens is 483 g/mol. The van der Waals surface area contributed by atoms with Gasteiger partial charge in [-0.15, -0.1) is 35.3 Å². The van der Waals surface area contributed by atoms with Crippen molar-refractivity contribution >= 4 is 41.3 Å². The van der Waals surface area contributed by atoms with Crippen LogP contribution in [0.25, 0.3) is 0 Å². The Morgan fingerprint density at radius 2 is 1.89 bits per heavy atom. The Balaban J connectivity index is 0.00000392. The van der Waals surface area contributed by atoms with Gasteiger partial charge in [0.15, 0.2) is 5.96 Å². The number of hydrogen-bond acceptors (Lipinski definition) is 4. The van der Waals surface area contributed by atoms with Gasteiger partial charge in [-0.3, -0.25) is 4.99 Å². The number of benzene rings is 1. The predicted molar refractivity (Wildman–Crippen MR) is 130 cm³/mol. The van der Waals surface area contributed by atoms with Crippen molar-refractivity contribution in [3.63, 3.8) is 0 Å². The lowest BCUT2D eigenvalue weighted by atomic mass is 9.86. The molecule has 156 valence electrons. The van der Waals surface area contributed by atoms with Crippen molar-refractivity contribution < 1.29 is 5.11 Å². The summed E-state index contributed by atoms with van der Waals surface area (Å²) in [5.41, 5.74) is 3.36. The molecule has 3 N–H and O–H groups in total. The maximum atomic E-state index is 10.5. The van der Waals surface area contributed by atoms with Crippen LogP contribution in [0.5, 0.6) is 0 Å². The fourth-order valence-electron chi connectivity index (χ4n) is 2.66. The van der Waals surface area contributed by atoms with E-state index >= 15 is 0 Å². The summed E-state index contributed by atoms with van der Waals surface area (Å²) < 4.78 is 0. The topological polar surface area (TPSA) is 69.5 Å². The zero-order valence-corrected chi connectivity index (χ0v) is 20.6. The van der Waals surface area contributed by atoms with E-state index in [4.69, 9.17) is 0 Å². The number of aliphatic hydroxyl groups is 1. The quantitative estimate of drug-likeness (QED) is 0.293. The van der Waals surface area contributed by atoms with Gasteiger partial charge in [0.05, 0.1) is 23.4 Å². The Kier molecular flexibility index (Phi) is 10.4. The number of aryl methyl sites for hydroxylation is 1. The summed E-state index contributed by atoms with van der Waals surface area (Å²) in [4.78, 5) is 8.99. The summed E-state index contributed by atoms with van der Waals surface area (Å²) in [6.07, 6.45) is 0.238. The minimum Gasteiger partial charge on any atom is -0.386 e. The average molecular weight is 516 g/mol. The van der Waals surface area contributed by atoms with Crippen LogP contribution in [0.15, 0.2) is 34.6 Å². The lowest BCUT2D eigenvalue weighted by molar-refractivity contribution is 0.187. The van der Waals surface area contributed by atoms with Crippen LogP contribution in [0.1, 0.15) is 55.6 Å². The van der Waals surface area contributed by atoms with Gasteiger partial charge in [0.2, 0.25) is 0 Å². The van der Waals surface area contributed by atoms with Crippen LogP contribution in [0.4, 0.5) is 0 Å². The maximum Gasteiger partial charge on any atom is 0.191 e. The van der Waals surface area contributed by atoms with E-state index in [2.05, 4.69) is 58.9 Å². The number of thiazole rings is 1. The molecule has 0 aliphatic rings. The Bertz CT molecular complexity index is 738. The van der Waals surface area contributed by atoms with E-state index in [1.165, 1.54) is 5.56 Å². The largest absolute Gasteiger partial charge is 0.386 e. The first-order valence-electron chi connectivity index (χ1n) is 9.51. The normalized spacial score (nSPS) is 13.0. The fraction of sp³-hybridized carbons (Fsp3) is 0.524. The van der Waals surface area contributed by atoms with Gasteiger partial charge in [-0.1, -0.05) is 45.0 Å². The summed E-state index contributed by atoms with van der Waals surface area (Å²) in [5, 5.41) is 20.2. The standard InChI is InChI=1S/C21H32N4OS.HI/c1-6-22-20(23-12-11-18-14-27-15(2)25-18)24-13-19(26)16-7-9-17(10-8-16)21(3,4)5;/h7-10,14,19,26H,6,11-13H2,1-5H3,(H2,22,23,24);1H. The summed E-state index contributed by atoms with van der Waals surface area (Å²) in [7, 11) is 0. The van der Waals surface area contributed by atoms with Crippen molar-refractivity contribution in [2.45, 2.75) is 52.6 Å². The molecule has 1 aromatic carbocycles. The zero-order valence-electron chi connectivity index (χ0n) is 17.5. The average Bonchev–Trinajstić information content (AvgIpc) is 3.04. The second-order valence-electron chi connectivity index (χ2n) is 7.64. The van der Waals surface area contributed by atoms with Crippen LogP contribution < -0.4 is 10.6 Å². The van der Waals surface area contributed by atoms with Crippen molar-refractivity contribution in [3.05, 3.63) is 51.5 Å². The van der Waals surface area contributed by atoms with Gasteiger partial charge >= 0.3 is 0 Å². The third-order valence-corrected chi connectivity index (χ3v) is 5.09. The summed E-state index contributed by atoms with van der Waals surface area (Å²) in [5.74, 6) is 0.717. The van der Waals surface area contributed by atoms with Crippen LogP contribution in [0, 0.1) is 6.92 Å². The fourth-order valence-corrected chi connectivity index (χ4v) is 3.31. The smallest absolute Gasteiger partial charge is 0.191 e. The molecule has 0 bridgehead atoms. The summed E-state index contributed by atoms with van der Waals surface area (Å²) in [6, 6.07) is 8.15. The van der Waals surface area contributed by atoms with Crippen LogP contribution in [-0.4, -0.2) is 35.7 Å². The summed E-state index contributed by atoms with van der Waals surface area (Å²) >= 11 is 1.67. The number of nitrogens with zero attached hydrogens (tertiary/aromatic N) is 2. The molecule has 1 heterocycles. The number of aromatic nitrogens is 1. The lowest BCUT2D eigenvalue weighted by Gasteiger charge is -2.20. The van der Waals surface area contributed by atoms with E-state index in [1.807, 2.05) is 26.0 Å². The molecular formula is C21H33IN4OS. The molecule has 0 saturated heterocycles. The molecule has 0 spiro atoms. The molecule has 5 nitrogen and oxygen atoms in total. The van der Waals surface area contributed by atoms with Gasteiger partial charge in [0, 0.05) is 24.9 Å². The molecule has 0 saturated carbocycles. The monoisotopic (exact) mass is 516 g/mol. The first-order chi connectivity index (χ1) is 12.8. The van der Waals surface area contributed by atoms with Crippen molar-refractivity contribution in [2.75, 3.05) is 19.6 Å². The molecule has 28 heavy (non-hydrogen) atoms. The highest BCUT2D eigenvalue weighted by Crippen LogP contribution is 2.24. The number of aliphatic hydroxyl groups excluding tert-OH is 1. The molecule has 0 radical (unpaired) electrons. The summed E-state index contributed by atoms with van der Waals surface area (Å²) in [6.45, 7) is 12.5. The number of guanidine groups is 1. The highest BCUT2D eigenvalue weighted by Gasteiger charge is 2.14. The molecule has 1 atom stereocenters. The number of nitrogens with one attached hydrogen (secondary N) is 2. The van der Waals surface area contributed by atoms with E-state index in [0.717, 1.165) is 41.7 Å². The number of hydrogen-bond donors (Lipinski definition) is 3. The van der Waals surface area contributed by atoms with Crippen molar-refractivity contribution in [1.82, 2.24) is 15.6 Å². The van der Waals surface area contributed by atoms with Crippen molar-refractivity contribution in [1.29, 1.82) is 0 Å². The van der Waals surface area contributed by atoms with Crippen LogP contribution in [-0.2, 0) is 11.8 Å². The second kappa shape index (κ2) is 11.7. The van der Waals surface area contributed by atoms with Gasteiger partial charge < -0.3 is 15.7 Å². The third-order valence-electron chi connectivity index (χ3n) is 4.27. The van der Waals surface area contributed by atoms with Crippen LogP contribution in [0.3, 0.4) is 0 Å². The first kappa shape index (κ1) is 24.8. The van der Waals surface area contributed by atoms with E-state index in [9.17, 15) is 5.11 Å². The predicted octanol–water partition coefficient (Wildman–Crippen LogP) is 4.20. The molecule has 7 heteroatoms. The van der Waals surface area contributed by atoms with Gasteiger partial charge in [-0.25, -0.2) is 4.98 Å². The molecule has 0 fully saturated rings. The van der Waals surface area contributed by atoms with Gasteiger partial charge in [-0.2, -0.15) is 0 Å². The minimum atomic E-state index is -0.615. The SMILES string of the molecule is CCNC(=NCC(O)c1ccc(C(C)(C)C)cc1)NCCc1csc(C)n1.I. The Morgan fingerprint density at radius 1 is 1.21 bits per heavy atom. The first-order valence-corrected chi connectivity index (χ1v) is 10.4. The zero-order chi connectivity index (χ0) is 19.9. The molecule has 2 rings (SSSR count). The van der Waals surface area contributed by atoms with E-state index < -0.39 is 6.10 Å². The molecule has 0 aliphatic carbocycles. The van der Waals surface area contributed by atoms with E-state index in [1.54, 1.807) is 11.3 Å². The van der Waals surface area contributed by atoms with Gasteiger partial charge in [0.1, 0.15) is 0 Å². The minimum absolute atomic E-state index is 0. The van der Waals surface area contributed by atoms with Crippen molar-refractivity contribution in [2.24, 2.45) is 4.99 Å². The molecule has 1 aromatic heterocycles. The second-order valence-corrected chi connectivity index (χ2v) is 8.70. The number of rotatable bonds is 7. The van der Waals surface area contributed by atoms with Crippen LogP contribution >= 0.6 is 35.3 Å². The highest BCUT2D eigenvalue weighted by atomic mass is 127. The molecule has 1 unspecified atom stereocenters. The third kappa shape index (κ3) is 8.05. The van der Waals surface area contributed by atoms with Gasteiger partial charge in [0.25, 0.3) is 0 Å². The van der Waals surface area contributed by atoms with Crippen molar-refractivity contribution in [3.8, 4) is 0 Å². The Labute approximate surface area is 190 Å². The van der Waals surface area contributed by atoms with E-state index in [-0.39, 0.29) is 29.4 Å². The lowest BCUT2D eigenvalue weighted by Crippen LogP contribution is -2.38. The van der Waals surface area contributed by atoms with Crippen LogP contribution in [0.2, 0.25) is 0 Å². The Morgan fingerprint density at radius 3 is 2.43 bits per heavy atom. The molecule has 0 amide bonds. The van der Waals surface area contributed by atoms with E-state index in [0.29, 0.717) is 6.54 Å². The maximum absolute atomic E-state index is 10.5.